The van der Waals surface area contributed by atoms with Crippen LogP contribution in [0.1, 0.15) is 32.6 Å². The minimum atomic E-state index is -0.556. The van der Waals surface area contributed by atoms with E-state index in [4.69, 9.17) is 4.74 Å². The molecule has 1 amide bonds. The van der Waals surface area contributed by atoms with Crippen LogP contribution in [0, 0.1) is 20.8 Å². The first-order chi connectivity index (χ1) is 10.7. The third-order valence-corrected chi connectivity index (χ3v) is 3.73. The van der Waals surface area contributed by atoms with Gasteiger partial charge >= 0.3 is 6.09 Å². The molecule has 2 aromatic rings. The maximum atomic E-state index is 12.9. The van der Waals surface area contributed by atoms with Crippen LogP contribution in [-0.2, 0) is 7.05 Å². The Hall–Kier alpha value is -2.63. The van der Waals surface area contributed by atoms with E-state index in [0.29, 0.717) is 5.56 Å². The zero-order chi connectivity index (χ0) is 17.3. The average Bonchev–Trinajstić information content (AvgIpc) is 2.83. The molecule has 0 fully saturated rings. The van der Waals surface area contributed by atoms with Gasteiger partial charge in [-0.05, 0) is 38.0 Å². The molecular weight excluding hydrogens is 294 g/mol. The SMILES string of the molecule is Cc1cc(C)c(C)c(C(=O)c2cnn(C)c2OC(=O)N(C)C)c1. The first kappa shape index (κ1) is 16.7. The van der Waals surface area contributed by atoms with E-state index in [1.54, 1.807) is 21.1 Å². The fraction of sp³-hybridized carbons (Fsp3) is 0.353. The molecule has 23 heavy (non-hydrogen) atoms. The van der Waals surface area contributed by atoms with Crippen molar-refractivity contribution in [1.29, 1.82) is 0 Å². The summed E-state index contributed by atoms with van der Waals surface area (Å²) in [7, 11) is 4.78. The first-order valence-electron chi connectivity index (χ1n) is 7.26. The molecule has 6 heteroatoms. The van der Waals surface area contributed by atoms with Gasteiger partial charge < -0.3 is 9.64 Å². The van der Waals surface area contributed by atoms with Crippen molar-refractivity contribution in [3.05, 3.63) is 46.1 Å². The van der Waals surface area contributed by atoms with Crippen molar-refractivity contribution < 1.29 is 14.3 Å². The molecule has 0 saturated heterocycles. The number of aryl methyl sites for hydroxylation is 3. The summed E-state index contributed by atoms with van der Waals surface area (Å²) in [6, 6.07) is 3.87. The number of amides is 1. The van der Waals surface area contributed by atoms with Crippen molar-refractivity contribution in [2.75, 3.05) is 14.1 Å². The number of nitrogens with zero attached hydrogens (tertiary/aromatic N) is 3. The number of rotatable bonds is 3. The summed E-state index contributed by atoms with van der Waals surface area (Å²) in [5, 5.41) is 4.05. The standard InChI is InChI=1S/C17H21N3O3/c1-10-7-11(2)12(3)13(8-10)15(21)14-9-18-20(6)16(14)23-17(22)19(4)5/h7-9H,1-6H3. The number of ketones is 1. The van der Waals surface area contributed by atoms with E-state index < -0.39 is 6.09 Å². The minimum absolute atomic E-state index is 0.146. The summed E-state index contributed by atoms with van der Waals surface area (Å²) in [6.45, 7) is 5.82. The lowest BCUT2D eigenvalue weighted by molar-refractivity contribution is 0.103. The molecule has 1 aromatic heterocycles. The van der Waals surface area contributed by atoms with Gasteiger partial charge in [0.1, 0.15) is 5.56 Å². The highest BCUT2D eigenvalue weighted by molar-refractivity contribution is 6.11. The van der Waals surface area contributed by atoms with Crippen LogP contribution >= 0.6 is 0 Å². The molecule has 0 atom stereocenters. The van der Waals surface area contributed by atoms with Gasteiger partial charge in [0, 0.05) is 26.7 Å². The molecule has 0 bridgehead atoms. The van der Waals surface area contributed by atoms with Gasteiger partial charge in [-0.15, -0.1) is 0 Å². The van der Waals surface area contributed by atoms with Gasteiger partial charge in [-0.1, -0.05) is 11.6 Å². The quantitative estimate of drug-likeness (QED) is 0.817. The molecule has 1 heterocycles. The molecule has 2 rings (SSSR count). The monoisotopic (exact) mass is 315 g/mol. The maximum Gasteiger partial charge on any atom is 0.416 e. The Morgan fingerprint density at radius 2 is 1.78 bits per heavy atom. The summed E-state index contributed by atoms with van der Waals surface area (Å²) in [6.07, 6.45) is 0.873. The van der Waals surface area contributed by atoms with Gasteiger partial charge in [0.2, 0.25) is 5.88 Å². The van der Waals surface area contributed by atoms with Crippen LogP contribution in [0.15, 0.2) is 18.3 Å². The van der Waals surface area contributed by atoms with Gasteiger partial charge in [-0.3, -0.25) is 4.79 Å². The fourth-order valence-corrected chi connectivity index (χ4v) is 2.30. The highest BCUT2D eigenvalue weighted by Crippen LogP contribution is 2.25. The van der Waals surface area contributed by atoms with Crippen LogP contribution in [0.25, 0.3) is 0 Å². The average molecular weight is 315 g/mol. The second kappa shape index (κ2) is 6.24. The maximum absolute atomic E-state index is 12.9. The van der Waals surface area contributed by atoms with Gasteiger partial charge in [0.25, 0.3) is 0 Å². The van der Waals surface area contributed by atoms with E-state index in [2.05, 4.69) is 5.10 Å². The first-order valence-corrected chi connectivity index (χ1v) is 7.26. The van der Waals surface area contributed by atoms with Crippen molar-refractivity contribution >= 4 is 11.9 Å². The Kier molecular flexibility index (Phi) is 4.54. The molecule has 0 radical (unpaired) electrons. The van der Waals surface area contributed by atoms with E-state index in [1.165, 1.54) is 15.8 Å². The molecule has 1 aromatic carbocycles. The molecule has 0 aliphatic heterocycles. The molecule has 0 N–H and O–H groups in total. The van der Waals surface area contributed by atoms with Crippen molar-refractivity contribution in [3.8, 4) is 5.88 Å². The summed E-state index contributed by atoms with van der Waals surface area (Å²) in [5.74, 6) is -0.0591. The fourth-order valence-electron chi connectivity index (χ4n) is 2.30. The molecule has 0 spiro atoms. The van der Waals surface area contributed by atoms with E-state index in [-0.39, 0.29) is 17.2 Å². The number of ether oxygens (including phenoxy) is 1. The molecule has 0 aliphatic carbocycles. The number of hydrogen-bond donors (Lipinski definition) is 0. The van der Waals surface area contributed by atoms with Crippen LogP contribution in [0.5, 0.6) is 5.88 Å². The van der Waals surface area contributed by atoms with Crippen molar-refractivity contribution in [2.24, 2.45) is 7.05 Å². The zero-order valence-corrected chi connectivity index (χ0v) is 14.3. The van der Waals surface area contributed by atoms with Crippen molar-refractivity contribution in [2.45, 2.75) is 20.8 Å². The summed E-state index contributed by atoms with van der Waals surface area (Å²) in [4.78, 5) is 26.0. The van der Waals surface area contributed by atoms with E-state index in [1.807, 2.05) is 32.9 Å². The number of carbonyl (C=O) groups is 2. The van der Waals surface area contributed by atoms with Crippen LogP contribution in [0.2, 0.25) is 0 Å². The van der Waals surface area contributed by atoms with E-state index in [9.17, 15) is 9.59 Å². The van der Waals surface area contributed by atoms with Gasteiger partial charge in [0.05, 0.1) is 6.20 Å². The minimum Gasteiger partial charge on any atom is -0.391 e. The van der Waals surface area contributed by atoms with Gasteiger partial charge in [-0.25, -0.2) is 9.48 Å². The van der Waals surface area contributed by atoms with Gasteiger partial charge in [-0.2, -0.15) is 5.10 Å². The van der Waals surface area contributed by atoms with Crippen LogP contribution in [0.4, 0.5) is 4.79 Å². The predicted molar refractivity (Wildman–Crippen MR) is 87.0 cm³/mol. The summed E-state index contributed by atoms with van der Waals surface area (Å²) in [5.41, 5.74) is 3.83. The Bertz CT molecular complexity index is 776. The normalized spacial score (nSPS) is 10.5. The lowest BCUT2D eigenvalue weighted by atomic mass is 9.95. The Morgan fingerprint density at radius 3 is 2.39 bits per heavy atom. The molecule has 122 valence electrons. The molecule has 6 nitrogen and oxygen atoms in total. The number of carbonyl (C=O) groups excluding carboxylic acids is 2. The lowest BCUT2D eigenvalue weighted by Gasteiger charge is -2.13. The topological polar surface area (TPSA) is 64.4 Å². The molecular formula is C17H21N3O3. The molecule has 0 saturated carbocycles. The second-order valence-corrected chi connectivity index (χ2v) is 5.83. The third-order valence-electron chi connectivity index (χ3n) is 3.73. The predicted octanol–water partition coefficient (Wildman–Crippen LogP) is 2.64. The number of hydrogen-bond acceptors (Lipinski definition) is 4. The van der Waals surface area contributed by atoms with E-state index >= 15 is 0 Å². The van der Waals surface area contributed by atoms with Crippen molar-refractivity contribution in [3.63, 3.8) is 0 Å². The van der Waals surface area contributed by atoms with Gasteiger partial charge in [0.15, 0.2) is 5.78 Å². The van der Waals surface area contributed by atoms with Crippen molar-refractivity contribution in [1.82, 2.24) is 14.7 Å². The second-order valence-electron chi connectivity index (χ2n) is 5.83. The molecule has 0 aliphatic rings. The van der Waals surface area contributed by atoms with Crippen LogP contribution in [0.3, 0.4) is 0 Å². The third kappa shape index (κ3) is 3.26. The molecule has 0 unspecified atom stereocenters. The highest BCUT2D eigenvalue weighted by Gasteiger charge is 2.23. The Labute approximate surface area is 135 Å². The highest BCUT2D eigenvalue weighted by atomic mass is 16.6. The smallest absolute Gasteiger partial charge is 0.391 e. The van der Waals surface area contributed by atoms with E-state index in [0.717, 1.165) is 16.7 Å². The number of benzene rings is 1. The van der Waals surface area contributed by atoms with Crippen LogP contribution < -0.4 is 4.74 Å². The summed E-state index contributed by atoms with van der Waals surface area (Å²) >= 11 is 0. The lowest BCUT2D eigenvalue weighted by Crippen LogP contribution is -2.26. The zero-order valence-electron chi connectivity index (χ0n) is 14.3. The van der Waals surface area contributed by atoms with Crippen LogP contribution in [-0.4, -0.2) is 40.7 Å². The largest absolute Gasteiger partial charge is 0.416 e. The number of aromatic nitrogens is 2. The Balaban J connectivity index is 2.47. The Morgan fingerprint density at radius 1 is 1.13 bits per heavy atom. The summed E-state index contributed by atoms with van der Waals surface area (Å²) < 4.78 is 6.67.